The number of aliphatic carboxylic acids is 1. The highest BCUT2D eigenvalue weighted by atomic mass is 16.6. The summed E-state index contributed by atoms with van der Waals surface area (Å²) in [6.45, 7) is 2.97. The molecule has 0 unspecified atom stereocenters. The summed E-state index contributed by atoms with van der Waals surface area (Å²) in [5.74, 6) is -2.76. The quantitative estimate of drug-likeness (QED) is 0.289. The van der Waals surface area contributed by atoms with Crippen LogP contribution in [-0.2, 0) is 35.0 Å². The molecule has 1 heterocycles. The van der Waals surface area contributed by atoms with Crippen molar-refractivity contribution in [3.05, 3.63) is 58.4 Å². The predicted octanol–water partition coefficient (Wildman–Crippen LogP) is 2.98. The third kappa shape index (κ3) is 6.43. The van der Waals surface area contributed by atoms with Crippen molar-refractivity contribution in [2.24, 2.45) is 0 Å². The largest absolute Gasteiger partial charge is 0.479 e. The first-order valence-electron chi connectivity index (χ1n) is 11.5. The van der Waals surface area contributed by atoms with Crippen LogP contribution in [0.4, 0.5) is 0 Å². The van der Waals surface area contributed by atoms with Crippen molar-refractivity contribution in [2.45, 2.75) is 38.6 Å². The van der Waals surface area contributed by atoms with E-state index < -0.39 is 41.6 Å². The Balaban J connectivity index is 2.06. The standard InChI is InChI=1S/C27H28O11/c1-14(33-3)26(31)37-18-11-20-23(21(12-18)38-27(32)15(2)34-4)24(28)19(13-36-20)17-8-6-16(7-9-17)10-22(35-5)25(29)30/h6-9,11-15,22H,10H2,1-5H3,(H,29,30)/t14-,15-,22+/m1/s1. The number of esters is 2. The number of ether oxygens (including phenoxy) is 5. The van der Waals surface area contributed by atoms with Crippen molar-refractivity contribution in [3.8, 4) is 22.6 Å². The van der Waals surface area contributed by atoms with Crippen molar-refractivity contribution < 1.29 is 47.6 Å². The number of carboxylic acid groups (broad SMARTS) is 1. The second kappa shape index (κ2) is 12.5. The molecule has 1 N–H and O–H groups in total. The molecule has 3 rings (SSSR count). The summed E-state index contributed by atoms with van der Waals surface area (Å²) < 4.78 is 31.4. The summed E-state index contributed by atoms with van der Waals surface area (Å²) in [4.78, 5) is 49.5. The number of hydrogen-bond acceptors (Lipinski definition) is 10. The van der Waals surface area contributed by atoms with E-state index in [1.54, 1.807) is 24.3 Å². The molecule has 0 saturated heterocycles. The van der Waals surface area contributed by atoms with Crippen LogP contribution in [0, 0.1) is 0 Å². The van der Waals surface area contributed by atoms with Crippen molar-refractivity contribution >= 4 is 28.9 Å². The number of carbonyl (C=O) groups excluding carboxylic acids is 2. The molecule has 3 aromatic rings. The van der Waals surface area contributed by atoms with Gasteiger partial charge in [0.25, 0.3) is 0 Å². The molecular formula is C27H28O11. The van der Waals surface area contributed by atoms with E-state index in [-0.39, 0.29) is 34.5 Å². The zero-order valence-electron chi connectivity index (χ0n) is 21.5. The van der Waals surface area contributed by atoms with E-state index >= 15 is 0 Å². The van der Waals surface area contributed by atoms with Crippen molar-refractivity contribution in [1.29, 1.82) is 0 Å². The molecule has 1 aromatic heterocycles. The predicted molar refractivity (Wildman–Crippen MR) is 134 cm³/mol. The van der Waals surface area contributed by atoms with Crippen LogP contribution < -0.4 is 14.9 Å². The van der Waals surface area contributed by atoms with Gasteiger partial charge in [0.2, 0.25) is 5.43 Å². The average molecular weight is 529 g/mol. The lowest BCUT2D eigenvalue weighted by Gasteiger charge is -2.14. The summed E-state index contributed by atoms with van der Waals surface area (Å²) in [5, 5.41) is 9.15. The van der Waals surface area contributed by atoms with Crippen LogP contribution in [0.25, 0.3) is 22.1 Å². The smallest absolute Gasteiger partial charge is 0.340 e. The fraction of sp³-hybridized carbons (Fsp3) is 0.333. The normalized spacial score (nSPS) is 13.5. The van der Waals surface area contributed by atoms with Crippen LogP contribution in [0.3, 0.4) is 0 Å². The van der Waals surface area contributed by atoms with Crippen LogP contribution in [0.15, 0.2) is 51.9 Å². The molecule has 11 nitrogen and oxygen atoms in total. The van der Waals surface area contributed by atoms with Crippen LogP contribution in [0.1, 0.15) is 19.4 Å². The highest BCUT2D eigenvalue weighted by molar-refractivity contribution is 5.91. The van der Waals surface area contributed by atoms with Gasteiger partial charge in [-0.3, -0.25) is 4.79 Å². The number of rotatable bonds is 11. The van der Waals surface area contributed by atoms with Gasteiger partial charge >= 0.3 is 17.9 Å². The average Bonchev–Trinajstić information content (AvgIpc) is 2.90. The summed E-state index contributed by atoms with van der Waals surface area (Å²) in [6, 6.07) is 9.20. The van der Waals surface area contributed by atoms with Gasteiger partial charge in [-0.15, -0.1) is 0 Å². The monoisotopic (exact) mass is 528 g/mol. The van der Waals surface area contributed by atoms with Gasteiger partial charge in [-0.25, -0.2) is 14.4 Å². The second-order valence-corrected chi connectivity index (χ2v) is 8.33. The van der Waals surface area contributed by atoms with Crippen molar-refractivity contribution in [2.75, 3.05) is 21.3 Å². The van der Waals surface area contributed by atoms with Gasteiger partial charge in [0.1, 0.15) is 28.7 Å². The van der Waals surface area contributed by atoms with E-state index in [0.717, 1.165) is 0 Å². The molecule has 2 aromatic carbocycles. The summed E-state index contributed by atoms with van der Waals surface area (Å²) in [5.41, 5.74) is 0.854. The van der Waals surface area contributed by atoms with Gasteiger partial charge in [-0.1, -0.05) is 24.3 Å². The van der Waals surface area contributed by atoms with Crippen molar-refractivity contribution in [1.82, 2.24) is 0 Å². The number of methoxy groups -OCH3 is 3. The molecule has 0 bridgehead atoms. The number of fused-ring (bicyclic) bond motifs is 1. The van der Waals surface area contributed by atoms with E-state index in [1.807, 2.05) is 0 Å². The molecule has 0 fully saturated rings. The summed E-state index contributed by atoms with van der Waals surface area (Å²) in [6.07, 6.45) is -1.43. The number of carbonyl (C=O) groups is 3. The Morgan fingerprint density at radius 3 is 2.05 bits per heavy atom. The first-order chi connectivity index (χ1) is 18.1. The molecule has 0 radical (unpaired) electrons. The Morgan fingerprint density at radius 1 is 0.895 bits per heavy atom. The Labute approximate surface area is 217 Å². The van der Waals surface area contributed by atoms with Gasteiger partial charge < -0.3 is 33.2 Å². The SMILES string of the molecule is CO[C@@H](Cc1ccc(-c2coc3cc(OC(=O)[C@@H](C)OC)cc(OC(=O)[C@@H](C)OC)c3c2=O)cc1)C(=O)O. The number of carboxylic acids is 1. The molecule has 0 aliphatic carbocycles. The highest BCUT2D eigenvalue weighted by Crippen LogP contribution is 2.32. The van der Waals surface area contributed by atoms with Crippen molar-refractivity contribution in [3.63, 3.8) is 0 Å². The molecule has 202 valence electrons. The Hall–Kier alpha value is -4.06. The minimum atomic E-state index is -1.08. The number of hydrogen-bond donors (Lipinski definition) is 1. The summed E-state index contributed by atoms with van der Waals surface area (Å²) in [7, 11) is 3.99. The first-order valence-corrected chi connectivity index (χ1v) is 11.5. The lowest BCUT2D eigenvalue weighted by atomic mass is 10.0. The third-order valence-corrected chi connectivity index (χ3v) is 5.86. The number of benzene rings is 2. The first kappa shape index (κ1) is 28.5. The fourth-order valence-electron chi connectivity index (χ4n) is 3.42. The van der Waals surface area contributed by atoms with Gasteiger partial charge in [0, 0.05) is 39.9 Å². The maximum atomic E-state index is 13.5. The zero-order valence-corrected chi connectivity index (χ0v) is 21.5. The third-order valence-electron chi connectivity index (χ3n) is 5.86. The lowest BCUT2D eigenvalue weighted by molar-refractivity contribution is -0.148. The highest BCUT2D eigenvalue weighted by Gasteiger charge is 2.23. The van der Waals surface area contributed by atoms with Gasteiger partial charge in [0.15, 0.2) is 18.3 Å². The fourth-order valence-corrected chi connectivity index (χ4v) is 3.42. The molecule has 3 atom stereocenters. The van der Waals surface area contributed by atoms with Gasteiger partial charge in [0.05, 0.1) is 5.56 Å². The second-order valence-electron chi connectivity index (χ2n) is 8.33. The van der Waals surface area contributed by atoms with E-state index in [4.69, 9.17) is 28.1 Å². The summed E-state index contributed by atoms with van der Waals surface area (Å²) >= 11 is 0. The van der Waals surface area contributed by atoms with E-state index in [2.05, 4.69) is 0 Å². The van der Waals surface area contributed by atoms with Gasteiger partial charge in [-0.05, 0) is 25.0 Å². The zero-order chi connectivity index (χ0) is 28.0. The van der Waals surface area contributed by atoms with Gasteiger partial charge in [-0.2, -0.15) is 0 Å². The van der Waals surface area contributed by atoms with E-state index in [9.17, 15) is 24.3 Å². The minimum absolute atomic E-state index is 0.0167. The lowest BCUT2D eigenvalue weighted by Crippen LogP contribution is -2.26. The molecule has 0 saturated carbocycles. The van der Waals surface area contributed by atoms with E-state index in [1.165, 1.54) is 53.6 Å². The molecular weight excluding hydrogens is 500 g/mol. The van der Waals surface area contributed by atoms with Crippen LogP contribution in [0.2, 0.25) is 0 Å². The molecule has 0 aliphatic rings. The van der Waals surface area contributed by atoms with Crippen LogP contribution in [0.5, 0.6) is 11.5 Å². The topological polar surface area (TPSA) is 148 Å². The Bertz CT molecular complexity index is 1370. The molecule has 0 aliphatic heterocycles. The maximum absolute atomic E-state index is 13.5. The van der Waals surface area contributed by atoms with Crippen LogP contribution in [-0.4, -0.2) is 62.7 Å². The Morgan fingerprint density at radius 2 is 1.50 bits per heavy atom. The molecule has 11 heteroatoms. The molecule has 0 spiro atoms. The van der Waals surface area contributed by atoms with Crippen LogP contribution >= 0.6 is 0 Å². The molecule has 0 amide bonds. The molecule has 38 heavy (non-hydrogen) atoms. The Kier molecular flexibility index (Phi) is 9.35. The van der Waals surface area contributed by atoms with E-state index in [0.29, 0.717) is 11.1 Å². The minimum Gasteiger partial charge on any atom is -0.479 e. The maximum Gasteiger partial charge on any atom is 0.340 e.